The first-order valence-electron chi connectivity index (χ1n) is 25.0. The molecule has 0 heterocycles. The van der Waals surface area contributed by atoms with Crippen molar-refractivity contribution in [2.45, 2.75) is 139 Å². The second-order valence-corrected chi connectivity index (χ2v) is 20.5. The SMILES string of the molecule is CCCC(C)C(c1ccc(O)c(CNCNCC(C)COc2ccc(C(C)(C)c3ccc(OCC(C)CNCNCc4cc(C(C(C)C)C(C)CCC)ccc4O)cc3)cc2)c1)C(C)C. The number of phenolic OH excluding ortho intramolecular Hbond substituents is 2. The van der Waals surface area contributed by atoms with Gasteiger partial charge in [-0.3, -0.25) is 0 Å². The van der Waals surface area contributed by atoms with Crippen LogP contribution < -0.4 is 30.7 Å². The van der Waals surface area contributed by atoms with Gasteiger partial charge in [0.05, 0.1) is 13.2 Å². The van der Waals surface area contributed by atoms with Gasteiger partial charge in [0, 0.05) is 67.9 Å². The maximum absolute atomic E-state index is 10.6. The molecule has 0 saturated carbocycles. The molecule has 0 bridgehead atoms. The van der Waals surface area contributed by atoms with Crippen LogP contribution in [0.2, 0.25) is 0 Å². The molecule has 65 heavy (non-hydrogen) atoms. The summed E-state index contributed by atoms with van der Waals surface area (Å²) >= 11 is 0. The molecular weight excluding hydrogens is 805 g/mol. The van der Waals surface area contributed by atoms with Crippen molar-refractivity contribution >= 4 is 0 Å². The van der Waals surface area contributed by atoms with Gasteiger partial charge in [0.1, 0.15) is 23.0 Å². The lowest BCUT2D eigenvalue weighted by Crippen LogP contribution is -2.33. The molecule has 0 spiro atoms. The largest absolute Gasteiger partial charge is 0.508 e. The van der Waals surface area contributed by atoms with Crippen LogP contribution >= 0.6 is 0 Å². The molecular formula is C57H88N4O4. The molecule has 6 N–H and O–H groups in total. The van der Waals surface area contributed by atoms with Crippen LogP contribution in [0.5, 0.6) is 23.0 Å². The third-order valence-electron chi connectivity index (χ3n) is 13.5. The van der Waals surface area contributed by atoms with Crippen LogP contribution in [0.15, 0.2) is 84.9 Å². The zero-order valence-electron chi connectivity index (χ0n) is 42.4. The second kappa shape index (κ2) is 26.9. The number of rotatable bonds is 30. The average molecular weight is 893 g/mol. The van der Waals surface area contributed by atoms with Crippen LogP contribution in [-0.4, -0.2) is 49.9 Å². The summed E-state index contributed by atoms with van der Waals surface area (Å²) in [4.78, 5) is 0. The Morgan fingerprint density at radius 1 is 0.508 bits per heavy atom. The molecule has 4 aromatic carbocycles. The maximum atomic E-state index is 10.6. The fourth-order valence-corrected chi connectivity index (χ4v) is 9.82. The molecule has 0 aliphatic heterocycles. The minimum Gasteiger partial charge on any atom is -0.508 e. The van der Waals surface area contributed by atoms with Crippen LogP contribution in [0.4, 0.5) is 0 Å². The normalized spacial score (nSPS) is 14.9. The predicted molar refractivity (Wildman–Crippen MR) is 273 cm³/mol. The van der Waals surface area contributed by atoms with Gasteiger partial charge in [-0.2, -0.15) is 0 Å². The van der Waals surface area contributed by atoms with E-state index < -0.39 is 0 Å². The van der Waals surface area contributed by atoms with Crippen LogP contribution in [0.25, 0.3) is 0 Å². The standard InChI is InChI=1S/C57H88N4O4/c1-13-15-43(9)55(39(3)4)45-17-27-53(62)47(29-45)33-60-37-58-31-41(7)35-64-51-23-19-49(20-24-51)57(11,12)50-21-25-52(26-22-50)65-36-42(8)32-59-38-61-34-48-30-46(18-28-54(48)63)56(40(5)6)44(10)16-14-2/h17-30,39-44,55-56,58-63H,13-16,31-38H2,1-12H3. The highest BCUT2D eigenvalue weighted by molar-refractivity contribution is 5.42. The van der Waals surface area contributed by atoms with E-state index in [9.17, 15) is 10.2 Å². The Morgan fingerprint density at radius 3 is 1.22 bits per heavy atom. The fraction of sp³-hybridized carbons (Fsp3) is 0.579. The van der Waals surface area contributed by atoms with Crippen LogP contribution in [-0.2, 0) is 18.5 Å². The average Bonchev–Trinajstić information content (AvgIpc) is 3.27. The lowest BCUT2D eigenvalue weighted by Gasteiger charge is -2.28. The van der Waals surface area contributed by atoms with Gasteiger partial charge in [-0.15, -0.1) is 0 Å². The number of aromatic hydroxyl groups is 2. The topological polar surface area (TPSA) is 107 Å². The van der Waals surface area contributed by atoms with Crippen molar-refractivity contribution in [3.05, 3.63) is 118 Å². The van der Waals surface area contributed by atoms with E-state index in [0.29, 0.717) is 98.5 Å². The van der Waals surface area contributed by atoms with E-state index in [1.54, 1.807) is 0 Å². The summed E-state index contributed by atoms with van der Waals surface area (Å²) in [7, 11) is 0. The van der Waals surface area contributed by atoms with Crippen molar-refractivity contribution < 1.29 is 19.7 Å². The molecule has 0 amide bonds. The molecule has 6 unspecified atom stereocenters. The highest BCUT2D eigenvalue weighted by atomic mass is 16.5. The fourth-order valence-electron chi connectivity index (χ4n) is 9.82. The molecule has 0 aliphatic rings. The van der Waals surface area contributed by atoms with Crippen molar-refractivity contribution in [1.29, 1.82) is 0 Å². The molecule has 4 rings (SSSR count). The molecule has 0 saturated heterocycles. The maximum Gasteiger partial charge on any atom is 0.120 e. The minimum absolute atomic E-state index is 0.186. The lowest BCUT2D eigenvalue weighted by molar-refractivity contribution is 0.254. The van der Waals surface area contributed by atoms with Gasteiger partial charge in [0.25, 0.3) is 0 Å². The van der Waals surface area contributed by atoms with E-state index in [1.807, 2.05) is 12.1 Å². The third kappa shape index (κ3) is 16.6. The summed E-state index contributed by atoms with van der Waals surface area (Å²) in [5.41, 5.74) is 6.81. The molecule has 0 aromatic heterocycles. The second-order valence-electron chi connectivity index (χ2n) is 20.5. The summed E-state index contributed by atoms with van der Waals surface area (Å²) in [5.74, 6) is 6.38. The van der Waals surface area contributed by atoms with E-state index >= 15 is 0 Å². The Labute approximate surface area is 395 Å². The van der Waals surface area contributed by atoms with E-state index in [-0.39, 0.29) is 5.41 Å². The van der Waals surface area contributed by atoms with Gasteiger partial charge in [-0.05, 0) is 94.2 Å². The van der Waals surface area contributed by atoms with E-state index in [0.717, 1.165) is 35.7 Å². The summed E-state index contributed by atoms with van der Waals surface area (Å²) in [6.45, 7) is 32.8. The lowest BCUT2D eigenvalue weighted by atomic mass is 9.77. The molecule has 6 atom stereocenters. The van der Waals surface area contributed by atoms with Crippen molar-refractivity contribution in [3.8, 4) is 23.0 Å². The first-order valence-corrected chi connectivity index (χ1v) is 25.0. The highest BCUT2D eigenvalue weighted by Crippen LogP contribution is 2.38. The van der Waals surface area contributed by atoms with Crippen molar-refractivity contribution in [3.63, 3.8) is 0 Å². The molecule has 8 nitrogen and oxygen atoms in total. The summed E-state index contributed by atoms with van der Waals surface area (Å²) < 4.78 is 12.4. The Bertz CT molecular complexity index is 1810. The number of phenols is 2. The zero-order chi connectivity index (χ0) is 47.5. The smallest absolute Gasteiger partial charge is 0.120 e. The number of hydrogen-bond donors (Lipinski definition) is 6. The predicted octanol–water partition coefficient (Wildman–Crippen LogP) is 12.5. The Balaban J connectivity index is 1.14. The Morgan fingerprint density at radius 2 is 0.877 bits per heavy atom. The molecule has 0 radical (unpaired) electrons. The third-order valence-corrected chi connectivity index (χ3v) is 13.5. The first-order chi connectivity index (χ1) is 31.0. The minimum atomic E-state index is -0.186. The monoisotopic (exact) mass is 893 g/mol. The van der Waals surface area contributed by atoms with E-state index in [2.05, 4.69) is 177 Å². The van der Waals surface area contributed by atoms with E-state index in [4.69, 9.17) is 9.47 Å². The first kappa shape index (κ1) is 53.5. The molecule has 4 aromatic rings. The van der Waals surface area contributed by atoms with Crippen molar-refractivity contribution in [2.75, 3.05) is 39.6 Å². The van der Waals surface area contributed by atoms with E-state index in [1.165, 1.54) is 47.9 Å². The molecule has 360 valence electrons. The number of benzene rings is 4. The Kier molecular flexibility index (Phi) is 22.2. The number of hydrogen-bond acceptors (Lipinski definition) is 8. The zero-order valence-corrected chi connectivity index (χ0v) is 42.4. The van der Waals surface area contributed by atoms with Crippen molar-refractivity contribution in [2.24, 2.45) is 35.5 Å². The quantitative estimate of drug-likeness (QED) is 0.0227. The number of nitrogens with one attached hydrogen (secondary N) is 4. The molecule has 8 heteroatoms. The summed E-state index contributed by atoms with van der Waals surface area (Å²) in [6, 6.07) is 29.3. The van der Waals surface area contributed by atoms with Crippen molar-refractivity contribution in [1.82, 2.24) is 21.3 Å². The van der Waals surface area contributed by atoms with Gasteiger partial charge in [0.2, 0.25) is 0 Å². The summed E-state index contributed by atoms with van der Waals surface area (Å²) in [5, 5.41) is 35.1. The van der Waals surface area contributed by atoms with Gasteiger partial charge in [-0.1, -0.05) is 157 Å². The van der Waals surface area contributed by atoms with Gasteiger partial charge < -0.3 is 41.0 Å². The van der Waals surface area contributed by atoms with Gasteiger partial charge >= 0.3 is 0 Å². The van der Waals surface area contributed by atoms with Crippen LogP contribution in [0.3, 0.4) is 0 Å². The van der Waals surface area contributed by atoms with Gasteiger partial charge in [0.15, 0.2) is 0 Å². The Hall–Kier alpha value is -4.08. The molecule has 0 aliphatic carbocycles. The summed E-state index contributed by atoms with van der Waals surface area (Å²) in [6.07, 6.45) is 4.80. The van der Waals surface area contributed by atoms with Crippen LogP contribution in [0.1, 0.15) is 154 Å². The van der Waals surface area contributed by atoms with Gasteiger partial charge in [-0.25, -0.2) is 0 Å². The molecule has 0 fully saturated rings. The number of ether oxygens (including phenoxy) is 2. The highest BCUT2D eigenvalue weighted by Gasteiger charge is 2.26. The van der Waals surface area contributed by atoms with Crippen LogP contribution in [0, 0.1) is 35.5 Å².